The van der Waals surface area contributed by atoms with E-state index < -0.39 is 0 Å². The lowest BCUT2D eigenvalue weighted by Gasteiger charge is -2.21. The van der Waals surface area contributed by atoms with Crippen molar-refractivity contribution in [2.75, 3.05) is 11.4 Å². The van der Waals surface area contributed by atoms with Crippen molar-refractivity contribution in [2.45, 2.75) is 19.4 Å². The van der Waals surface area contributed by atoms with Crippen LogP contribution in [0.15, 0.2) is 52.0 Å². The van der Waals surface area contributed by atoms with E-state index in [0.29, 0.717) is 5.65 Å². The molecule has 21 heavy (non-hydrogen) atoms. The maximum atomic E-state index is 12.2. The fourth-order valence-electron chi connectivity index (χ4n) is 2.84. The maximum Gasteiger partial charge on any atom is 0.259 e. The number of hydrogen-bond donors (Lipinski definition) is 0. The molecule has 0 atom stereocenters. The fourth-order valence-corrected chi connectivity index (χ4v) is 2.84. The first kappa shape index (κ1) is 12.2. The Hall–Kier alpha value is -2.56. The number of anilines is 1. The SMILES string of the molecule is O=c1cc(N2CCCc3occc3C2)nc2ccccn12. The third kappa shape index (κ3) is 2.11. The number of nitrogens with zero attached hydrogens (tertiary/aromatic N) is 3. The Morgan fingerprint density at radius 2 is 2.19 bits per heavy atom. The van der Waals surface area contributed by atoms with Crippen LogP contribution in [0.4, 0.5) is 5.82 Å². The van der Waals surface area contributed by atoms with Gasteiger partial charge in [0.25, 0.3) is 5.56 Å². The molecule has 1 aliphatic heterocycles. The number of hydrogen-bond acceptors (Lipinski definition) is 4. The van der Waals surface area contributed by atoms with E-state index in [1.54, 1.807) is 22.9 Å². The smallest absolute Gasteiger partial charge is 0.259 e. The molecule has 0 amide bonds. The summed E-state index contributed by atoms with van der Waals surface area (Å²) in [5.74, 6) is 1.79. The van der Waals surface area contributed by atoms with Gasteiger partial charge in [-0.1, -0.05) is 6.07 Å². The van der Waals surface area contributed by atoms with Crippen LogP contribution in [-0.4, -0.2) is 15.9 Å². The van der Waals surface area contributed by atoms with Crippen molar-refractivity contribution < 1.29 is 4.42 Å². The standard InChI is InChI=1S/C16H15N3O2/c20-16-10-15(17-14-5-1-2-8-19(14)16)18-7-3-4-13-12(11-18)6-9-21-13/h1-2,5-6,8-10H,3-4,7,11H2. The van der Waals surface area contributed by atoms with Gasteiger partial charge in [-0.05, 0) is 24.6 Å². The molecule has 0 aliphatic carbocycles. The van der Waals surface area contributed by atoms with Crippen LogP contribution in [0.5, 0.6) is 0 Å². The molecule has 5 nitrogen and oxygen atoms in total. The van der Waals surface area contributed by atoms with Crippen LogP contribution in [0.2, 0.25) is 0 Å². The lowest BCUT2D eigenvalue weighted by Crippen LogP contribution is -2.26. The van der Waals surface area contributed by atoms with Crippen LogP contribution in [0, 0.1) is 0 Å². The highest BCUT2D eigenvalue weighted by Crippen LogP contribution is 2.22. The van der Waals surface area contributed by atoms with E-state index in [0.717, 1.165) is 37.5 Å². The minimum Gasteiger partial charge on any atom is -0.469 e. The van der Waals surface area contributed by atoms with E-state index in [-0.39, 0.29) is 5.56 Å². The molecule has 0 saturated heterocycles. The lowest BCUT2D eigenvalue weighted by atomic mass is 10.2. The average molecular weight is 281 g/mol. The van der Waals surface area contributed by atoms with Crippen molar-refractivity contribution in [1.82, 2.24) is 9.38 Å². The molecule has 3 aromatic rings. The van der Waals surface area contributed by atoms with Crippen LogP contribution < -0.4 is 10.5 Å². The molecule has 0 fully saturated rings. The highest BCUT2D eigenvalue weighted by molar-refractivity contribution is 5.48. The van der Waals surface area contributed by atoms with E-state index in [2.05, 4.69) is 9.88 Å². The van der Waals surface area contributed by atoms with Gasteiger partial charge in [-0.25, -0.2) is 4.98 Å². The molecule has 0 N–H and O–H groups in total. The first-order chi connectivity index (χ1) is 10.3. The summed E-state index contributed by atoms with van der Waals surface area (Å²) in [5.41, 5.74) is 1.81. The third-order valence-electron chi connectivity index (χ3n) is 3.91. The Balaban J connectivity index is 1.78. The molecule has 106 valence electrons. The van der Waals surface area contributed by atoms with E-state index in [9.17, 15) is 4.79 Å². The molecular formula is C16H15N3O2. The molecule has 0 radical (unpaired) electrons. The molecule has 0 bridgehead atoms. The van der Waals surface area contributed by atoms with E-state index in [1.807, 2.05) is 24.3 Å². The van der Waals surface area contributed by atoms with Crippen molar-refractivity contribution in [2.24, 2.45) is 0 Å². The second kappa shape index (κ2) is 4.77. The zero-order valence-electron chi connectivity index (χ0n) is 11.5. The number of pyridine rings is 1. The summed E-state index contributed by atoms with van der Waals surface area (Å²) in [4.78, 5) is 19.0. The van der Waals surface area contributed by atoms with Gasteiger partial charge < -0.3 is 9.32 Å². The number of rotatable bonds is 1. The minimum absolute atomic E-state index is 0.0488. The second-order valence-electron chi connectivity index (χ2n) is 5.28. The largest absolute Gasteiger partial charge is 0.469 e. The molecule has 0 unspecified atom stereocenters. The van der Waals surface area contributed by atoms with Crippen LogP contribution in [0.25, 0.3) is 5.65 Å². The molecule has 0 spiro atoms. The summed E-state index contributed by atoms with van der Waals surface area (Å²) >= 11 is 0. The number of aryl methyl sites for hydroxylation is 1. The third-order valence-corrected chi connectivity index (χ3v) is 3.91. The monoisotopic (exact) mass is 281 g/mol. The van der Waals surface area contributed by atoms with Gasteiger partial charge in [-0.2, -0.15) is 0 Å². The summed E-state index contributed by atoms with van der Waals surface area (Å²) in [6, 6.07) is 9.19. The summed E-state index contributed by atoms with van der Waals surface area (Å²) in [6.45, 7) is 1.61. The van der Waals surface area contributed by atoms with E-state index >= 15 is 0 Å². The number of fused-ring (bicyclic) bond motifs is 2. The normalized spacial score (nSPS) is 15.0. The summed E-state index contributed by atoms with van der Waals surface area (Å²) in [6.07, 6.45) is 5.41. The van der Waals surface area contributed by atoms with Gasteiger partial charge in [0.05, 0.1) is 6.26 Å². The predicted molar refractivity (Wildman–Crippen MR) is 79.5 cm³/mol. The first-order valence-electron chi connectivity index (χ1n) is 7.10. The van der Waals surface area contributed by atoms with Crippen LogP contribution in [0.1, 0.15) is 17.7 Å². The molecule has 3 aromatic heterocycles. The van der Waals surface area contributed by atoms with Crippen molar-refractivity contribution in [3.05, 3.63) is 64.5 Å². The Morgan fingerprint density at radius 3 is 3.14 bits per heavy atom. The zero-order valence-corrected chi connectivity index (χ0v) is 11.5. The molecule has 4 rings (SSSR count). The summed E-state index contributed by atoms with van der Waals surface area (Å²) in [5, 5.41) is 0. The van der Waals surface area contributed by atoms with Crippen LogP contribution >= 0.6 is 0 Å². The molecule has 0 aromatic carbocycles. The van der Waals surface area contributed by atoms with Gasteiger partial charge in [0, 0.05) is 37.3 Å². The Morgan fingerprint density at radius 1 is 1.24 bits per heavy atom. The molecule has 1 aliphatic rings. The van der Waals surface area contributed by atoms with Crippen molar-refractivity contribution in [3.63, 3.8) is 0 Å². The van der Waals surface area contributed by atoms with E-state index in [4.69, 9.17) is 4.42 Å². The van der Waals surface area contributed by atoms with Crippen molar-refractivity contribution in [1.29, 1.82) is 0 Å². The first-order valence-corrected chi connectivity index (χ1v) is 7.10. The van der Waals surface area contributed by atoms with E-state index in [1.165, 1.54) is 5.56 Å². The topological polar surface area (TPSA) is 50.8 Å². The van der Waals surface area contributed by atoms with Gasteiger partial charge in [0.2, 0.25) is 0 Å². The highest BCUT2D eigenvalue weighted by Gasteiger charge is 2.18. The fraction of sp³-hybridized carbons (Fsp3) is 0.250. The zero-order chi connectivity index (χ0) is 14.2. The summed E-state index contributed by atoms with van der Waals surface area (Å²) < 4.78 is 7.06. The van der Waals surface area contributed by atoms with Gasteiger partial charge >= 0.3 is 0 Å². The maximum absolute atomic E-state index is 12.2. The Labute approximate surface area is 121 Å². The molecular weight excluding hydrogens is 266 g/mol. The average Bonchev–Trinajstić information content (AvgIpc) is 2.84. The predicted octanol–water partition coefficient (Wildman–Crippen LogP) is 2.24. The van der Waals surface area contributed by atoms with Gasteiger partial charge in [0.15, 0.2) is 0 Å². The van der Waals surface area contributed by atoms with Gasteiger partial charge in [-0.15, -0.1) is 0 Å². The quantitative estimate of drug-likeness (QED) is 0.686. The van der Waals surface area contributed by atoms with Crippen LogP contribution in [0.3, 0.4) is 0 Å². The van der Waals surface area contributed by atoms with Gasteiger partial charge in [0.1, 0.15) is 17.2 Å². The molecule has 4 heterocycles. The van der Waals surface area contributed by atoms with Crippen LogP contribution in [-0.2, 0) is 13.0 Å². The molecule has 5 heteroatoms. The Kier molecular flexibility index (Phi) is 2.77. The van der Waals surface area contributed by atoms with Crippen molar-refractivity contribution >= 4 is 11.5 Å². The van der Waals surface area contributed by atoms with Crippen molar-refractivity contribution in [3.8, 4) is 0 Å². The Bertz CT molecular complexity index is 850. The summed E-state index contributed by atoms with van der Waals surface area (Å²) in [7, 11) is 0. The lowest BCUT2D eigenvalue weighted by molar-refractivity contribution is 0.504. The highest BCUT2D eigenvalue weighted by atomic mass is 16.3. The number of furan rings is 1. The number of aromatic nitrogens is 2. The molecule has 0 saturated carbocycles. The van der Waals surface area contributed by atoms with Gasteiger partial charge in [-0.3, -0.25) is 9.20 Å². The second-order valence-corrected chi connectivity index (χ2v) is 5.28. The minimum atomic E-state index is -0.0488.